The second kappa shape index (κ2) is 6.05. The highest BCUT2D eigenvalue weighted by Gasteiger charge is 2.28. The first-order valence-electron chi connectivity index (χ1n) is 8.08. The Hall–Kier alpha value is -2.73. The maximum absolute atomic E-state index is 12.6. The van der Waals surface area contributed by atoms with Gasteiger partial charge < -0.3 is 10.0 Å². The average molecular weight is 322 g/mol. The standard InChI is InChI=1S/C18H18N4O2/c23-11-14-4-3-9-21(14)18(24)13-7-8-17(19-10-13)22-12-20-15-5-1-2-6-16(15)22/h1-2,5-8,10,12,14,23H,3-4,9,11H2/t14-/m1/s1. The molecule has 1 atom stereocenters. The topological polar surface area (TPSA) is 71.2 Å². The molecule has 1 fully saturated rings. The van der Waals surface area contributed by atoms with Crippen LogP contribution in [0.15, 0.2) is 48.9 Å². The number of nitrogens with zero attached hydrogens (tertiary/aromatic N) is 4. The maximum Gasteiger partial charge on any atom is 0.255 e. The third kappa shape index (κ3) is 2.45. The first-order valence-corrected chi connectivity index (χ1v) is 8.08. The van der Waals surface area contributed by atoms with Crippen molar-refractivity contribution < 1.29 is 9.90 Å². The van der Waals surface area contributed by atoms with Crippen LogP contribution < -0.4 is 0 Å². The van der Waals surface area contributed by atoms with Crippen molar-refractivity contribution in [1.82, 2.24) is 19.4 Å². The molecule has 1 aliphatic rings. The lowest BCUT2D eigenvalue weighted by Crippen LogP contribution is -2.37. The number of hydrogen-bond acceptors (Lipinski definition) is 4. The van der Waals surface area contributed by atoms with E-state index in [0.29, 0.717) is 12.1 Å². The smallest absolute Gasteiger partial charge is 0.255 e. The number of amides is 1. The van der Waals surface area contributed by atoms with Crippen LogP contribution in [0.3, 0.4) is 0 Å². The molecule has 1 amide bonds. The van der Waals surface area contributed by atoms with Crippen LogP contribution in [0.2, 0.25) is 0 Å². The van der Waals surface area contributed by atoms with Gasteiger partial charge in [0.2, 0.25) is 0 Å². The van der Waals surface area contributed by atoms with Crippen LogP contribution in [0.5, 0.6) is 0 Å². The highest BCUT2D eigenvalue weighted by atomic mass is 16.3. The summed E-state index contributed by atoms with van der Waals surface area (Å²) in [5.74, 6) is 0.654. The number of carbonyl (C=O) groups excluding carboxylic acids is 1. The van der Waals surface area contributed by atoms with Crippen molar-refractivity contribution in [3.8, 4) is 5.82 Å². The number of aromatic nitrogens is 3. The summed E-state index contributed by atoms with van der Waals surface area (Å²) in [6.07, 6.45) is 5.12. The molecular formula is C18H18N4O2. The first kappa shape index (κ1) is 14.8. The van der Waals surface area contributed by atoms with Gasteiger partial charge >= 0.3 is 0 Å². The maximum atomic E-state index is 12.6. The van der Waals surface area contributed by atoms with Gasteiger partial charge in [0, 0.05) is 12.7 Å². The van der Waals surface area contributed by atoms with E-state index in [2.05, 4.69) is 9.97 Å². The predicted octanol–water partition coefficient (Wildman–Crippen LogP) is 2.02. The van der Waals surface area contributed by atoms with Gasteiger partial charge in [-0.15, -0.1) is 0 Å². The molecule has 4 rings (SSSR count). The van der Waals surface area contributed by atoms with Crippen molar-refractivity contribution >= 4 is 16.9 Å². The van der Waals surface area contributed by atoms with E-state index in [1.54, 1.807) is 23.5 Å². The van der Waals surface area contributed by atoms with Gasteiger partial charge in [0.1, 0.15) is 12.1 Å². The summed E-state index contributed by atoms with van der Waals surface area (Å²) in [7, 11) is 0. The van der Waals surface area contributed by atoms with Crippen LogP contribution in [0.4, 0.5) is 0 Å². The van der Waals surface area contributed by atoms with Crippen LogP contribution in [-0.2, 0) is 0 Å². The highest BCUT2D eigenvalue weighted by molar-refractivity contribution is 5.94. The molecule has 0 unspecified atom stereocenters. The minimum absolute atomic E-state index is 0.0122. The minimum atomic E-state index is -0.0743. The van der Waals surface area contributed by atoms with Gasteiger partial charge in [0.25, 0.3) is 5.91 Å². The largest absolute Gasteiger partial charge is 0.394 e. The van der Waals surface area contributed by atoms with E-state index in [9.17, 15) is 9.90 Å². The van der Waals surface area contributed by atoms with E-state index < -0.39 is 0 Å². The number of pyridine rings is 1. The molecule has 122 valence electrons. The van der Waals surface area contributed by atoms with Gasteiger partial charge in [-0.05, 0) is 37.1 Å². The molecule has 1 saturated heterocycles. The van der Waals surface area contributed by atoms with Gasteiger partial charge in [-0.1, -0.05) is 12.1 Å². The number of imidazole rings is 1. The van der Waals surface area contributed by atoms with Gasteiger partial charge in [0.05, 0.1) is 29.2 Å². The van der Waals surface area contributed by atoms with Crippen LogP contribution in [0, 0.1) is 0 Å². The monoisotopic (exact) mass is 322 g/mol. The van der Waals surface area contributed by atoms with E-state index in [0.717, 1.165) is 29.7 Å². The molecule has 1 aromatic carbocycles. The first-order chi connectivity index (χ1) is 11.8. The summed E-state index contributed by atoms with van der Waals surface area (Å²) in [6, 6.07) is 11.4. The van der Waals surface area contributed by atoms with Crippen molar-refractivity contribution in [3.05, 3.63) is 54.5 Å². The number of fused-ring (bicyclic) bond motifs is 1. The van der Waals surface area contributed by atoms with Gasteiger partial charge in [-0.25, -0.2) is 9.97 Å². The number of para-hydroxylation sites is 2. The quantitative estimate of drug-likeness (QED) is 0.801. The lowest BCUT2D eigenvalue weighted by atomic mass is 10.2. The SMILES string of the molecule is O=C(c1ccc(-n2cnc3ccccc32)nc1)N1CCC[C@@H]1CO. The fraction of sp³-hybridized carbons (Fsp3) is 0.278. The van der Waals surface area contributed by atoms with Crippen molar-refractivity contribution in [3.63, 3.8) is 0 Å². The lowest BCUT2D eigenvalue weighted by Gasteiger charge is -2.22. The van der Waals surface area contributed by atoms with Crippen LogP contribution in [0.1, 0.15) is 23.2 Å². The zero-order valence-corrected chi connectivity index (χ0v) is 13.2. The Bertz CT molecular complexity index is 872. The number of benzene rings is 1. The van der Waals surface area contributed by atoms with Crippen molar-refractivity contribution in [2.75, 3.05) is 13.2 Å². The van der Waals surface area contributed by atoms with E-state index in [1.807, 2.05) is 34.9 Å². The molecule has 1 aliphatic heterocycles. The van der Waals surface area contributed by atoms with E-state index in [4.69, 9.17) is 0 Å². The molecule has 6 heteroatoms. The van der Waals surface area contributed by atoms with Crippen molar-refractivity contribution in [2.45, 2.75) is 18.9 Å². The van der Waals surface area contributed by atoms with Crippen LogP contribution >= 0.6 is 0 Å². The Morgan fingerprint density at radius 2 is 2.08 bits per heavy atom. The molecule has 0 bridgehead atoms. The molecule has 2 aromatic heterocycles. The molecule has 3 heterocycles. The van der Waals surface area contributed by atoms with E-state index in [1.165, 1.54) is 0 Å². The fourth-order valence-corrected chi connectivity index (χ4v) is 3.26. The van der Waals surface area contributed by atoms with Crippen molar-refractivity contribution in [1.29, 1.82) is 0 Å². The molecular weight excluding hydrogens is 304 g/mol. The molecule has 24 heavy (non-hydrogen) atoms. The van der Waals surface area contributed by atoms with Crippen LogP contribution in [-0.4, -0.2) is 49.6 Å². The molecule has 3 aromatic rings. The Labute approximate surface area is 139 Å². The number of likely N-dealkylation sites (tertiary alicyclic amines) is 1. The summed E-state index contributed by atoms with van der Waals surface area (Å²) in [4.78, 5) is 23.1. The lowest BCUT2D eigenvalue weighted by molar-refractivity contribution is 0.0677. The van der Waals surface area contributed by atoms with E-state index in [-0.39, 0.29) is 18.6 Å². The minimum Gasteiger partial charge on any atom is -0.394 e. The predicted molar refractivity (Wildman–Crippen MR) is 90.0 cm³/mol. The molecule has 1 N–H and O–H groups in total. The summed E-state index contributed by atoms with van der Waals surface area (Å²) in [5, 5.41) is 9.38. The normalized spacial score (nSPS) is 17.5. The third-order valence-electron chi connectivity index (χ3n) is 4.54. The average Bonchev–Trinajstić information content (AvgIpc) is 3.28. The third-order valence-corrected chi connectivity index (χ3v) is 4.54. The van der Waals surface area contributed by atoms with Gasteiger partial charge in [-0.3, -0.25) is 9.36 Å². The number of aliphatic hydroxyl groups is 1. The second-order valence-electron chi connectivity index (χ2n) is 5.99. The molecule has 6 nitrogen and oxygen atoms in total. The zero-order chi connectivity index (χ0) is 16.5. The van der Waals surface area contributed by atoms with Crippen molar-refractivity contribution in [2.24, 2.45) is 0 Å². The Morgan fingerprint density at radius 3 is 2.88 bits per heavy atom. The van der Waals surface area contributed by atoms with E-state index >= 15 is 0 Å². The highest BCUT2D eigenvalue weighted by Crippen LogP contribution is 2.21. The van der Waals surface area contributed by atoms with Gasteiger partial charge in [0.15, 0.2) is 0 Å². The molecule has 0 spiro atoms. The van der Waals surface area contributed by atoms with Crippen LogP contribution in [0.25, 0.3) is 16.9 Å². The second-order valence-corrected chi connectivity index (χ2v) is 5.99. The summed E-state index contributed by atoms with van der Waals surface area (Å²) in [6.45, 7) is 0.705. The summed E-state index contributed by atoms with van der Waals surface area (Å²) in [5.41, 5.74) is 2.43. The summed E-state index contributed by atoms with van der Waals surface area (Å²) < 4.78 is 1.90. The Balaban J connectivity index is 1.62. The summed E-state index contributed by atoms with van der Waals surface area (Å²) >= 11 is 0. The Morgan fingerprint density at radius 1 is 1.21 bits per heavy atom. The Kier molecular flexibility index (Phi) is 3.74. The number of carbonyl (C=O) groups is 1. The fourth-order valence-electron chi connectivity index (χ4n) is 3.26. The molecule has 0 aliphatic carbocycles. The number of rotatable bonds is 3. The zero-order valence-electron chi connectivity index (χ0n) is 13.2. The van der Waals surface area contributed by atoms with Gasteiger partial charge in [-0.2, -0.15) is 0 Å². The number of hydrogen-bond donors (Lipinski definition) is 1. The molecule has 0 saturated carbocycles. The molecule has 0 radical (unpaired) electrons. The number of aliphatic hydroxyl groups excluding tert-OH is 1.